The number of benzene rings is 9. The van der Waals surface area contributed by atoms with Crippen molar-refractivity contribution in [3.63, 3.8) is 0 Å². The van der Waals surface area contributed by atoms with E-state index in [9.17, 15) is 0 Å². The Hall–Kier alpha value is -7.94. The zero-order valence-corrected chi connectivity index (χ0v) is 45.8. The molecule has 0 spiro atoms. The van der Waals surface area contributed by atoms with Crippen molar-refractivity contribution in [2.24, 2.45) is 0 Å². The first-order chi connectivity index (χ1) is 35.6. The van der Waals surface area contributed by atoms with E-state index in [0.29, 0.717) is 0 Å². The second-order valence-corrected chi connectivity index (χ2v) is 20.8. The third kappa shape index (κ3) is 13.4. The van der Waals surface area contributed by atoms with Gasteiger partial charge in [-0.3, -0.25) is 0 Å². The molecule has 0 aromatic heterocycles. The number of hydrogen-bond acceptors (Lipinski definition) is 1. The van der Waals surface area contributed by atoms with Crippen LogP contribution in [0.5, 0.6) is 0 Å². The minimum atomic E-state index is 0.103. The molecule has 9 aromatic rings. The van der Waals surface area contributed by atoms with E-state index < -0.39 is 0 Å². The molecular weight excluding hydrogens is 890 g/mol. The van der Waals surface area contributed by atoms with Gasteiger partial charge in [0.05, 0.1) is 0 Å². The molecule has 0 fully saturated rings. The summed E-state index contributed by atoms with van der Waals surface area (Å²) in [4.78, 5) is 2.48. The van der Waals surface area contributed by atoms with Gasteiger partial charge in [-0.05, 0) is 146 Å². The molecule has 10 rings (SSSR count). The summed E-state index contributed by atoms with van der Waals surface area (Å²) in [6.45, 7) is 32.0. The number of hydrogen-bond donors (Lipinski definition) is 0. The molecule has 0 unspecified atom stereocenters. The normalized spacial score (nSPS) is 11.6. The Balaban J connectivity index is 0.000000167. The summed E-state index contributed by atoms with van der Waals surface area (Å²) in [5, 5.41) is 0. The predicted octanol–water partition coefficient (Wildman–Crippen LogP) is 17.9. The van der Waals surface area contributed by atoms with Gasteiger partial charge in [0, 0.05) is 17.1 Å². The Kier molecular flexibility index (Phi) is 17.9. The number of anilines is 3. The summed E-state index contributed by atoms with van der Waals surface area (Å²) in [6.07, 6.45) is 5.60. The van der Waals surface area contributed by atoms with Crippen molar-refractivity contribution < 1.29 is 0 Å². The molecule has 0 N–H and O–H groups in total. The zero-order valence-electron chi connectivity index (χ0n) is 45.8. The topological polar surface area (TPSA) is 3.24 Å². The van der Waals surface area contributed by atoms with Gasteiger partial charge >= 0.3 is 0 Å². The fourth-order valence-electron chi connectivity index (χ4n) is 9.67. The SMILES string of the molecule is C=C/C=C(\C=C)c1ccccc1C.Cc1ccc(-c2ccccc2)cc1.Cc1ccc(-c2ccccc2)cc1.Cc1ccc(N2c3ccc(C)cc3B(c3cc(C(C)(C)C)ccc3C)c3c(C)cc(C)cc32)cc1. The standard InChI is InChI=1S/C33H36BN.2C13H12.C13H14/c1-21-9-14-27(15-10-21)35-30-16-11-22(2)18-29(30)34(32-25(5)17-23(3)19-31(32)35)28-20-26(33(6,7)8)13-12-24(28)4;2*1-11-7-9-13(10-8-11)12-5-3-2-4-6-12;1-4-8-12(5-2)13-10-7-6-9-11(13)3/h9-20H,1-8H3;2*2-10H,1H3;4-10H,1-2H2,3H3/b;;;12-8+. The van der Waals surface area contributed by atoms with Crippen molar-refractivity contribution in [1.82, 2.24) is 0 Å². The van der Waals surface area contributed by atoms with E-state index >= 15 is 0 Å². The minimum absolute atomic E-state index is 0.103. The molecule has 2 heteroatoms. The maximum absolute atomic E-state index is 3.78. The van der Waals surface area contributed by atoms with Crippen LogP contribution < -0.4 is 21.3 Å². The Morgan fingerprint density at radius 3 is 1.43 bits per heavy atom. The number of fused-ring (bicyclic) bond motifs is 2. The quantitative estimate of drug-likeness (QED) is 0.114. The minimum Gasteiger partial charge on any atom is -0.312 e. The number of rotatable bonds is 7. The summed E-state index contributed by atoms with van der Waals surface area (Å²) in [5.74, 6) is 0. The third-order valence-corrected chi connectivity index (χ3v) is 13.8. The van der Waals surface area contributed by atoms with Crippen LogP contribution in [-0.2, 0) is 5.41 Å². The molecule has 0 bridgehead atoms. The predicted molar refractivity (Wildman–Crippen MR) is 327 cm³/mol. The van der Waals surface area contributed by atoms with Crippen LogP contribution in [0, 0.1) is 55.4 Å². The molecule has 1 heterocycles. The summed E-state index contributed by atoms with van der Waals surface area (Å²) in [5.41, 5.74) is 27.4. The summed E-state index contributed by atoms with van der Waals surface area (Å²) >= 11 is 0. The van der Waals surface area contributed by atoms with Gasteiger partial charge in [-0.25, -0.2) is 0 Å². The van der Waals surface area contributed by atoms with E-state index in [2.05, 4.69) is 276 Å². The van der Waals surface area contributed by atoms with Crippen molar-refractivity contribution in [2.45, 2.75) is 81.6 Å². The lowest BCUT2D eigenvalue weighted by Gasteiger charge is -2.39. The molecular formula is C72H74BN. The van der Waals surface area contributed by atoms with E-state index in [0.717, 1.165) is 5.57 Å². The van der Waals surface area contributed by atoms with Crippen LogP contribution in [0.4, 0.5) is 17.1 Å². The Morgan fingerprint density at radius 1 is 0.419 bits per heavy atom. The average molecular weight is 964 g/mol. The van der Waals surface area contributed by atoms with Crippen LogP contribution >= 0.6 is 0 Å². The van der Waals surface area contributed by atoms with Crippen molar-refractivity contribution in [1.29, 1.82) is 0 Å². The lowest BCUT2D eigenvalue weighted by Crippen LogP contribution is -2.59. The van der Waals surface area contributed by atoms with E-state index in [1.165, 1.54) is 111 Å². The first-order valence-corrected chi connectivity index (χ1v) is 26.0. The first-order valence-electron chi connectivity index (χ1n) is 26.0. The Morgan fingerprint density at radius 2 is 0.919 bits per heavy atom. The fourth-order valence-corrected chi connectivity index (χ4v) is 9.67. The van der Waals surface area contributed by atoms with Crippen LogP contribution in [0.25, 0.3) is 27.8 Å². The first kappa shape index (κ1) is 53.9. The third-order valence-electron chi connectivity index (χ3n) is 13.8. The van der Waals surface area contributed by atoms with Gasteiger partial charge in [-0.2, -0.15) is 0 Å². The molecule has 0 radical (unpaired) electrons. The zero-order chi connectivity index (χ0) is 52.9. The van der Waals surface area contributed by atoms with Crippen molar-refractivity contribution in [2.75, 3.05) is 4.90 Å². The molecule has 9 aromatic carbocycles. The second kappa shape index (κ2) is 24.7. The molecule has 0 atom stereocenters. The van der Waals surface area contributed by atoms with Crippen molar-refractivity contribution >= 4 is 45.7 Å². The smallest absolute Gasteiger partial charge is 0.247 e. The summed E-state index contributed by atoms with van der Waals surface area (Å²) in [7, 11) is 0. The van der Waals surface area contributed by atoms with Gasteiger partial charge in [0.15, 0.2) is 0 Å². The number of allylic oxidation sites excluding steroid dienone is 4. The van der Waals surface area contributed by atoms with Gasteiger partial charge in [0.1, 0.15) is 0 Å². The molecule has 0 amide bonds. The molecule has 1 aliphatic heterocycles. The highest BCUT2D eigenvalue weighted by Crippen LogP contribution is 2.38. The maximum Gasteiger partial charge on any atom is 0.247 e. The van der Waals surface area contributed by atoms with Gasteiger partial charge in [-0.1, -0.05) is 273 Å². The fraction of sp³-hybridized carbons (Fsp3) is 0.167. The van der Waals surface area contributed by atoms with Gasteiger partial charge in [0.25, 0.3) is 0 Å². The molecule has 1 aliphatic rings. The van der Waals surface area contributed by atoms with E-state index in [1.807, 2.05) is 36.4 Å². The number of aryl methyl sites for hydroxylation is 8. The number of nitrogens with zero attached hydrogens (tertiary/aromatic N) is 1. The molecule has 370 valence electrons. The summed E-state index contributed by atoms with van der Waals surface area (Å²) in [6, 6.07) is 74.0. The van der Waals surface area contributed by atoms with Gasteiger partial charge in [0.2, 0.25) is 6.71 Å². The van der Waals surface area contributed by atoms with E-state index in [4.69, 9.17) is 0 Å². The lowest BCUT2D eigenvalue weighted by molar-refractivity contribution is 0.590. The van der Waals surface area contributed by atoms with Crippen LogP contribution in [0.15, 0.2) is 238 Å². The van der Waals surface area contributed by atoms with Crippen molar-refractivity contribution in [3.8, 4) is 22.3 Å². The highest BCUT2D eigenvalue weighted by Gasteiger charge is 2.37. The van der Waals surface area contributed by atoms with E-state index in [1.54, 1.807) is 6.08 Å². The highest BCUT2D eigenvalue weighted by atomic mass is 15.1. The molecule has 0 saturated heterocycles. The van der Waals surface area contributed by atoms with Crippen LogP contribution in [0.2, 0.25) is 0 Å². The van der Waals surface area contributed by atoms with Crippen molar-refractivity contribution in [3.05, 3.63) is 293 Å². The highest BCUT2D eigenvalue weighted by molar-refractivity contribution is 6.98. The monoisotopic (exact) mass is 964 g/mol. The Labute approximate surface area is 445 Å². The molecule has 0 aliphatic carbocycles. The van der Waals surface area contributed by atoms with Gasteiger partial charge in [-0.15, -0.1) is 0 Å². The largest absolute Gasteiger partial charge is 0.312 e. The Bertz CT molecular complexity index is 3250. The molecule has 1 nitrogen and oxygen atoms in total. The second-order valence-electron chi connectivity index (χ2n) is 20.8. The van der Waals surface area contributed by atoms with Crippen LogP contribution in [0.1, 0.15) is 76.4 Å². The summed E-state index contributed by atoms with van der Waals surface area (Å²) < 4.78 is 0. The van der Waals surface area contributed by atoms with Crippen LogP contribution in [-0.4, -0.2) is 6.71 Å². The lowest BCUT2D eigenvalue weighted by atomic mass is 9.33. The maximum atomic E-state index is 3.78. The van der Waals surface area contributed by atoms with E-state index in [-0.39, 0.29) is 12.1 Å². The molecule has 0 saturated carbocycles. The van der Waals surface area contributed by atoms with Gasteiger partial charge < -0.3 is 4.90 Å². The molecule has 74 heavy (non-hydrogen) atoms. The van der Waals surface area contributed by atoms with Crippen LogP contribution in [0.3, 0.4) is 0 Å². The average Bonchev–Trinajstić information content (AvgIpc) is 3.39.